The van der Waals surface area contributed by atoms with Crippen LogP contribution in [-0.4, -0.2) is 20.9 Å². The fourth-order valence-corrected chi connectivity index (χ4v) is 10.4. The van der Waals surface area contributed by atoms with E-state index < -0.39 is 0 Å². The molecule has 0 fully saturated rings. The molecule has 5 aliphatic carbocycles. The highest BCUT2D eigenvalue weighted by Gasteiger charge is 2.34. The van der Waals surface area contributed by atoms with E-state index in [0.29, 0.717) is 5.92 Å². The van der Waals surface area contributed by atoms with Crippen LogP contribution >= 0.6 is 0 Å². The van der Waals surface area contributed by atoms with E-state index in [0.717, 1.165) is 43.6 Å². The number of nitrogens with zero attached hydrogens (tertiary/aromatic N) is 3. The van der Waals surface area contributed by atoms with Crippen LogP contribution in [0.3, 0.4) is 0 Å². The third-order valence-corrected chi connectivity index (χ3v) is 13.2. The molecule has 0 radical (unpaired) electrons. The van der Waals surface area contributed by atoms with Crippen molar-refractivity contribution >= 4 is 39.7 Å². The van der Waals surface area contributed by atoms with Gasteiger partial charge in [-0.2, -0.15) is 0 Å². The molecular formula is C52H44N4O. The van der Waals surface area contributed by atoms with E-state index >= 15 is 0 Å². The van der Waals surface area contributed by atoms with Crippen LogP contribution in [0.4, 0.5) is 0 Å². The Hall–Kier alpha value is -6.33. The van der Waals surface area contributed by atoms with Gasteiger partial charge in [-0.3, -0.25) is 0 Å². The molecule has 7 aliphatic rings. The average Bonchev–Trinajstić information content (AvgIpc) is 3.94. The fraction of sp³-hybridized carbons (Fsp3) is 0.212. The summed E-state index contributed by atoms with van der Waals surface area (Å²) >= 11 is 0. The first-order chi connectivity index (χ1) is 28.2. The highest BCUT2D eigenvalue weighted by molar-refractivity contribution is 6.00. The fourth-order valence-electron chi connectivity index (χ4n) is 10.4. The van der Waals surface area contributed by atoms with Gasteiger partial charge in [-0.25, -0.2) is 4.99 Å². The smallest absolute Gasteiger partial charge is 0.200 e. The first kappa shape index (κ1) is 32.9. The molecular weight excluding hydrogens is 697 g/mol. The Kier molecular flexibility index (Phi) is 7.57. The van der Waals surface area contributed by atoms with E-state index in [2.05, 4.69) is 178 Å². The molecule has 4 heterocycles. The number of hydrogen-bond donors (Lipinski definition) is 1. The van der Waals surface area contributed by atoms with Crippen LogP contribution in [-0.2, 0) is 12.8 Å². The van der Waals surface area contributed by atoms with Crippen molar-refractivity contribution in [3.05, 3.63) is 186 Å². The summed E-state index contributed by atoms with van der Waals surface area (Å²) < 4.78 is 11.4. The zero-order valence-corrected chi connectivity index (χ0v) is 31.8. The van der Waals surface area contributed by atoms with Gasteiger partial charge in [0.1, 0.15) is 11.9 Å². The quantitative estimate of drug-likeness (QED) is 0.195. The van der Waals surface area contributed by atoms with Crippen molar-refractivity contribution < 1.29 is 4.74 Å². The van der Waals surface area contributed by atoms with Crippen LogP contribution in [0, 0.1) is 11.8 Å². The maximum atomic E-state index is 6.28. The minimum absolute atomic E-state index is 0.0960. The standard InChI is InChI=1S/C52H44N4O/c1-3-13-33(14-4-1)44-32-45(34-15-5-2-6-16-34)54-52(53-44)56-47-21-11-8-18-39(47)42-31-37(25-27-49(42)56)55-46-20-10-7-17-38(46)41-29-35(23-26-48(41)55)36-24-28-51-43(30-36)40-19-9-12-22-50(40)57-51/h1-9,11-13,15,17-19,21-30,32-34,37,40,50,52-53H,10,14,16,20,31H2. The number of ether oxygens (including phenoxy) is 1. The first-order valence-electron chi connectivity index (χ1n) is 20.8. The summed E-state index contributed by atoms with van der Waals surface area (Å²) in [6.07, 6.45) is 43.3. The van der Waals surface area contributed by atoms with Crippen LogP contribution in [0.2, 0.25) is 0 Å². The second-order valence-corrected chi connectivity index (χ2v) is 16.4. The number of allylic oxidation sites excluding steroid dienone is 13. The van der Waals surface area contributed by atoms with Crippen LogP contribution < -0.4 is 10.1 Å². The van der Waals surface area contributed by atoms with Gasteiger partial charge in [-0.15, -0.1) is 0 Å². The van der Waals surface area contributed by atoms with Gasteiger partial charge in [0.05, 0.1) is 11.6 Å². The number of nitrogens with one attached hydrogen (secondary N) is 1. The van der Waals surface area contributed by atoms with Gasteiger partial charge in [0.2, 0.25) is 6.29 Å². The average molecular weight is 741 g/mol. The topological polar surface area (TPSA) is 43.5 Å². The lowest BCUT2D eigenvalue weighted by Gasteiger charge is -2.32. The maximum absolute atomic E-state index is 6.28. The van der Waals surface area contributed by atoms with Gasteiger partial charge >= 0.3 is 0 Å². The number of para-hydroxylation sites is 1. The van der Waals surface area contributed by atoms with Gasteiger partial charge in [0.25, 0.3) is 0 Å². The van der Waals surface area contributed by atoms with Crippen molar-refractivity contribution in [2.75, 3.05) is 0 Å². The monoisotopic (exact) mass is 740 g/mol. The van der Waals surface area contributed by atoms with Crippen LogP contribution in [0.15, 0.2) is 162 Å². The summed E-state index contributed by atoms with van der Waals surface area (Å²) in [4.78, 5) is 5.50. The molecule has 3 aromatic carbocycles. The third kappa shape index (κ3) is 5.32. The van der Waals surface area contributed by atoms with Gasteiger partial charge in [0, 0.05) is 68.0 Å². The van der Waals surface area contributed by atoms with Crippen LogP contribution in [0.1, 0.15) is 65.6 Å². The molecule has 12 rings (SSSR count). The number of benzene rings is 3. The minimum atomic E-state index is -0.237. The molecule has 2 aromatic heterocycles. The molecule has 1 N–H and O–H groups in total. The normalized spacial score (nSPS) is 26.2. The summed E-state index contributed by atoms with van der Waals surface area (Å²) in [5.74, 6) is 1.86. The lowest BCUT2D eigenvalue weighted by atomic mass is 9.90. The Morgan fingerprint density at radius 2 is 1.51 bits per heavy atom. The molecule has 5 nitrogen and oxygen atoms in total. The molecule has 0 amide bonds. The van der Waals surface area contributed by atoms with E-state index in [1.807, 2.05) is 0 Å². The van der Waals surface area contributed by atoms with Crippen molar-refractivity contribution in [2.24, 2.45) is 16.8 Å². The highest BCUT2D eigenvalue weighted by atomic mass is 16.5. The Labute approximate surface area is 333 Å². The lowest BCUT2D eigenvalue weighted by molar-refractivity contribution is 0.269. The Morgan fingerprint density at radius 1 is 0.702 bits per heavy atom. The number of hydrogen-bond acceptors (Lipinski definition) is 3. The van der Waals surface area contributed by atoms with Gasteiger partial charge < -0.3 is 19.2 Å². The molecule has 278 valence electrons. The summed E-state index contributed by atoms with van der Waals surface area (Å²) in [6.45, 7) is 0. The van der Waals surface area contributed by atoms with Crippen molar-refractivity contribution in [3.8, 4) is 16.9 Å². The molecule has 6 unspecified atom stereocenters. The molecule has 6 atom stereocenters. The van der Waals surface area contributed by atoms with Crippen LogP contribution in [0.25, 0.3) is 45.1 Å². The van der Waals surface area contributed by atoms with E-state index in [1.165, 1.54) is 66.7 Å². The molecule has 0 saturated heterocycles. The minimum Gasteiger partial charge on any atom is -0.485 e. The summed E-state index contributed by atoms with van der Waals surface area (Å²) in [5.41, 5.74) is 14.2. The lowest BCUT2D eigenvalue weighted by Crippen LogP contribution is -2.34. The predicted octanol–water partition coefficient (Wildman–Crippen LogP) is 11.7. The van der Waals surface area contributed by atoms with Gasteiger partial charge in [-0.05, 0) is 97.4 Å². The Balaban J connectivity index is 0.933. The van der Waals surface area contributed by atoms with E-state index in [-0.39, 0.29) is 30.3 Å². The molecule has 5 heteroatoms. The van der Waals surface area contributed by atoms with Gasteiger partial charge in [-0.1, -0.05) is 115 Å². The molecule has 0 bridgehead atoms. The Morgan fingerprint density at radius 3 is 2.40 bits per heavy atom. The SMILES string of the molecule is C1=CCC(C2=CC(C3C=CC=CC3)=NC(n3c4c(c5ccccc53)CC(n3c5c(c6cc(-c7ccc8c(c7)C7C=CC=CC7O8)ccc63)C=CCC5)C=C4)N2)C=C1. The van der Waals surface area contributed by atoms with Crippen molar-refractivity contribution in [1.29, 1.82) is 0 Å². The predicted molar refractivity (Wildman–Crippen MR) is 234 cm³/mol. The molecule has 57 heavy (non-hydrogen) atoms. The summed E-state index contributed by atoms with van der Waals surface area (Å²) in [6, 6.07) is 23.0. The number of aromatic nitrogens is 2. The van der Waals surface area contributed by atoms with Gasteiger partial charge in [0.15, 0.2) is 0 Å². The second-order valence-electron chi connectivity index (χ2n) is 16.4. The first-order valence-corrected chi connectivity index (χ1v) is 20.8. The van der Waals surface area contributed by atoms with E-state index in [9.17, 15) is 0 Å². The molecule has 0 saturated carbocycles. The maximum Gasteiger partial charge on any atom is 0.200 e. The Bertz CT molecular complexity index is 2820. The molecule has 0 spiro atoms. The van der Waals surface area contributed by atoms with Crippen molar-refractivity contribution in [1.82, 2.24) is 14.5 Å². The largest absolute Gasteiger partial charge is 0.485 e. The molecule has 2 aliphatic heterocycles. The van der Waals surface area contributed by atoms with E-state index in [4.69, 9.17) is 9.73 Å². The molecule has 5 aromatic rings. The summed E-state index contributed by atoms with van der Waals surface area (Å²) in [7, 11) is 0. The van der Waals surface area contributed by atoms with Crippen molar-refractivity contribution in [3.63, 3.8) is 0 Å². The number of rotatable bonds is 5. The van der Waals surface area contributed by atoms with E-state index in [1.54, 1.807) is 0 Å². The second kappa shape index (κ2) is 13.1. The zero-order valence-electron chi connectivity index (χ0n) is 31.8. The third-order valence-electron chi connectivity index (χ3n) is 13.2. The van der Waals surface area contributed by atoms with Crippen LogP contribution in [0.5, 0.6) is 5.75 Å². The zero-order chi connectivity index (χ0) is 37.5. The number of fused-ring (bicyclic) bond motifs is 9. The van der Waals surface area contributed by atoms with Crippen molar-refractivity contribution in [2.45, 2.75) is 56.5 Å². The highest BCUT2D eigenvalue weighted by Crippen LogP contribution is 2.45. The summed E-state index contributed by atoms with van der Waals surface area (Å²) in [5, 5.41) is 6.59. The number of aliphatic imine (C=N–C) groups is 1.